The monoisotopic (exact) mass is 157 g/mol. The predicted molar refractivity (Wildman–Crippen MR) is 55.5 cm³/mol. The molecule has 11 heavy (non-hydrogen) atoms. The molecule has 0 aromatic heterocycles. The van der Waals surface area contributed by atoms with Crippen molar-refractivity contribution in [3.05, 3.63) is 24.4 Å². The number of rotatable bonds is 2. The zero-order valence-corrected chi connectivity index (χ0v) is 8.65. The van der Waals surface area contributed by atoms with Crippen molar-refractivity contribution in [3.8, 4) is 0 Å². The highest BCUT2D eigenvalue weighted by Gasteiger charge is 1.78. The van der Waals surface area contributed by atoms with E-state index < -0.39 is 0 Å². The molecule has 0 rings (SSSR count). The van der Waals surface area contributed by atoms with Crippen LogP contribution in [0.25, 0.3) is 0 Å². The molecule has 68 valence electrons. The van der Waals surface area contributed by atoms with Crippen LogP contribution in [0.5, 0.6) is 0 Å². The van der Waals surface area contributed by atoms with E-state index in [0.717, 1.165) is 12.0 Å². The lowest BCUT2D eigenvalue weighted by atomic mass is 10.2. The molecule has 0 amide bonds. The highest BCUT2D eigenvalue weighted by Crippen LogP contribution is 1.96. The molecule has 2 N–H and O–H groups in total. The Balaban J connectivity index is -0.000000138. The van der Waals surface area contributed by atoms with Crippen molar-refractivity contribution in [2.45, 2.75) is 41.0 Å². The van der Waals surface area contributed by atoms with Gasteiger partial charge in [-0.2, -0.15) is 0 Å². The summed E-state index contributed by atoms with van der Waals surface area (Å²) in [6.45, 7) is 13.6. The molecule has 0 bridgehead atoms. The van der Waals surface area contributed by atoms with Gasteiger partial charge in [0.2, 0.25) is 0 Å². The van der Waals surface area contributed by atoms with Crippen LogP contribution in [-0.2, 0) is 0 Å². The maximum absolute atomic E-state index is 5.16. The summed E-state index contributed by atoms with van der Waals surface area (Å²) in [6.07, 6.45) is 4.31. The van der Waals surface area contributed by atoms with E-state index in [1.54, 1.807) is 12.3 Å². The van der Waals surface area contributed by atoms with Gasteiger partial charge in [0.1, 0.15) is 0 Å². The zero-order valence-electron chi connectivity index (χ0n) is 8.65. The first-order chi connectivity index (χ1) is 5.35. The molecule has 0 aliphatic heterocycles. The Kier molecular flexibility index (Phi) is 34.7. The van der Waals surface area contributed by atoms with Crippen LogP contribution in [0.2, 0.25) is 0 Å². The van der Waals surface area contributed by atoms with Crippen LogP contribution < -0.4 is 5.73 Å². The van der Waals surface area contributed by atoms with Gasteiger partial charge in [-0.3, -0.25) is 0 Å². The molecular weight excluding hydrogens is 134 g/mol. The van der Waals surface area contributed by atoms with Gasteiger partial charge in [0.05, 0.1) is 0 Å². The number of nitrogens with two attached hydrogens (primary N) is 1. The van der Waals surface area contributed by atoms with Crippen LogP contribution in [0.3, 0.4) is 0 Å². The normalized spacial score (nSPS) is 8.27. The molecule has 1 nitrogen and oxygen atoms in total. The zero-order chi connectivity index (χ0) is 9.70. The summed E-state index contributed by atoms with van der Waals surface area (Å²) in [5.41, 5.74) is 6.26. The Labute approximate surface area is 72.0 Å². The van der Waals surface area contributed by atoms with E-state index in [1.807, 2.05) is 34.6 Å². The summed E-state index contributed by atoms with van der Waals surface area (Å²) in [5.74, 6) is 0. The van der Waals surface area contributed by atoms with Crippen molar-refractivity contribution >= 4 is 0 Å². The minimum atomic E-state index is 0.972. The molecule has 0 spiro atoms. The molecule has 0 radical (unpaired) electrons. The lowest BCUT2D eigenvalue weighted by Crippen LogP contribution is -1.81. The molecule has 0 saturated carbocycles. The van der Waals surface area contributed by atoms with E-state index >= 15 is 0 Å². The number of allylic oxidation sites excluding steroid dienone is 2. The second-order valence-corrected chi connectivity index (χ2v) is 1.30. The fraction of sp³-hybridized carbons (Fsp3) is 0.600. The highest BCUT2D eigenvalue weighted by molar-refractivity contribution is 5.13. The minimum Gasteiger partial charge on any atom is -0.404 e. The Morgan fingerprint density at radius 1 is 1.27 bits per heavy atom. The summed E-state index contributed by atoms with van der Waals surface area (Å²) >= 11 is 0. The van der Waals surface area contributed by atoms with Crippen LogP contribution in [-0.4, -0.2) is 0 Å². The van der Waals surface area contributed by atoms with Gasteiger partial charge < -0.3 is 5.73 Å². The van der Waals surface area contributed by atoms with E-state index in [1.165, 1.54) is 0 Å². The summed E-state index contributed by atoms with van der Waals surface area (Å²) in [7, 11) is 0. The molecule has 0 aromatic rings. The SMILES string of the molecule is C=C/C(=C\N)CC.CC.CC. The van der Waals surface area contributed by atoms with Crippen LogP contribution >= 0.6 is 0 Å². The molecular formula is C10H23N. The summed E-state index contributed by atoms with van der Waals surface area (Å²) < 4.78 is 0. The van der Waals surface area contributed by atoms with Crippen LogP contribution in [0, 0.1) is 0 Å². The summed E-state index contributed by atoms with van der Waals surface area (Å²) in [6, 6.07) is 0. The van der Waals surface area contributed by atoms with Gasteiger partial charge in [-0.1, -0.05) is 47.3 Å². The van der Waals surface area contributed by atoms with E-state index in [0.29, 0.717) is 0 Å². The van der Waals surface area contributed by atoms with Gasteiger partial charge in [-0.25, -0.2) is 0 Å². The highest BCUT2D eigenvalue weighted by atomic mass is 14.5. The van der Waals surface area contributed by atoms with E-state index in [-0.39, 0.29) is 0 Å². The Morgan fingerprint density at radius 3 is 1.64 bits per heavy atom. The van der Waals surface area contributed by atoms with E-state index in [9.17, 15) is 0 Å². The van der Waals surface area contributed by atoms with Crippen LogP contribution in [0.1, 0.15) is 41.0 Å². The largest absolute Gasteiger partial charge is 0.404 e. The van der Waals surface area contributed by atoms with Gasteiger partial charge in [0.25, 0.3) is 0 Å². The third-order valence-corrected chi connectivity index (χ3v) is 0.885. The molecule has 0 atom stereocenters. The topological polar surface area (TPSA) is 26.0 Å². The second-order valence-electron chi connectivity index (χ2n) is 1.30. The third kappa shape index (κ3) is 17.6. The molecule has 0 aliphatic carbocycles. The third-order valence-electron chi connectivity index (χ3n) is 0.885. The van der Waals surface area contributed by atoms with Crippen molar-refractivity contribution in [1.82, 2.24) is 0 Å². The van der Waals surface area contributed by atoms with Crippen molar-refractivity contribution < 1.29 is 0 Å². The lowest BCUT2D eigenvalue weighted by Gasteiger charge is -1.88. The first kappa shape index (κ1) is 16.7. The Morgan fingerprint density at radius 2 is 1.64 bits per heavy atom. The van der Waals surface area contributed by atoms with Crippen LogP contribution in [0.4, 0.5) is 0 Å². The van der Waals surface area contributed by atoms with Gasteiger partial charge in [-0.15, -0.1) is 0 Å². The van der Waals surface area contributed by atoms with Crippen molar-refractivity contribution in [2.75, 3.05) is 0 Å². The quantitative estimate of drug-likeness (QED) is 0.610. The van der Waals surface area contributed by atoms with Gasteiger partial charge in [0.15, 0.2) is 0 Å². The number of hydrogen-bond donors (Lipinski definition) is 1. The smallest absolute Gasteiger partial charge is 0.00300 e. The second kappa shape index (κ2) is 22.8. The van der Waals surface area contributed by atoms with Gasteiger partial charge >= 0.3 is 0 Å². The van der Waals surface area contributed by atoms with Crippen molar-refractivity contribution in [3.63, 3.8) is 0 Å². The summed E-state index contributed by atoms with van der Waals surface area (Å²) in [5, 5.41) is 0. The Bertz CT molecular complexity index is 82.9. The maximum Gasteiger partial charge on any atom is -0.00300 e. The molecule has 0 fully saturated rings. The first-order valence-corrected chi connectivity index (χ1v) is 4.38. The maximum atomic E-state index is 5.16. The molecule has 0 saturated heterocycles. The van der Waals surface area contributed by atoms with E-state index in [2.05, 4.69) is 6.58 Å². The fourth-order valence-corrected chi connectivity index (χ4v) is 0.330. The van der Waals surface area contributed by atoms with Gasteiger partial charge in [0, 0.05) is 0 Å². The lowest BCUT2D eigenvalue weighted by molar-refractivity contribution is 1.14. The average Bonchev–Trinajstić information content (AvgIpc) is 2.14. The number of hydrogen-bond acceptors (Lipinski definition) is 1. The molecule has 0 heterocycles. The molecule has 0 unspecified atom stereocenters. The summed E-state index contributed by atoms with van der Waals surface area (Å²) in [4.78, 5) is 0. The average molecular weight is 157 g/mol. The molecule has 0 aromatic carbocycles. The predicted octanol–water partition coefficient (Wildman–Crippen LogP) is 3.48. The fourth-order valence-electron chi connectivity index (χ4n) is 0.330. The van der Waals surface area contributed by atoms with E-state index in [4.69, 9.17) is 5.73 Å². The van der Waals surface area contributed by atoms with Crippen molar-refractivity contribution in [2.24, 2.45) is 5.73 Å². The standard InChI is InChI=1S/C6H11N.2C2H6/c1-3-6(4-2)5-7;2*1-2/h3,5H,1,4,7H2,2H3;2*1-2H3/b6-5+;;. The van der Waals surface area contributed by atoms with Gasteiger partial charge in [-0.05, 0) is 18.2 Å². The van der Waals surface area contributed by atoms with Crippen LogP contribution in [0.15, 0.2) is 24.4 Å². The first-order valence-electron chi connectivity index (χ1n) is 4.38. The van der Waals surface area contributed by atoms with Crippen molar-refractivity contribution in [1.29, 1.82) is 0 Å². The molecule has 1 heteroatoms. The Hall–Kier alpha value is -0.720. The molecule has 0 aliphatic rings. The minimum absolute atomic E-state index is 0.972.